The van der Waals surface area contributed by atoms with Gasteiger partial charge in [-0.05, 0) is 32.4 Å². The van der Waals surface area contributed by atoms with Crippen molar-refractivity contribution in [2.24, 2.45) is 21.5 Å². The molecule has 0 aromatic heterocycles. The van der Waals surface area contributed by atoms with Gasteiger partial charge in [0, 0.05) is 0 Å². The molecule has 4 N–H and O–H groups in total. The van der Waals surface area contributed by atoms with E-state index in [4.69, 9.17) is 23.1 Å². The van der Waals surface area contributed by atoms with Gasteiger partial charge in [0.2, 0.25) is 5.96 Å². The van der Waals surface area contributed by atoms with Crippen molar-refractivity contribution < 1.29 is 4.48 Å². The van der Waals surface area contributed by atoms with Crippen LogP contribution in [0.4, 0.5) is 0 Å². The van der Waals surface area contributed by atoms with E-state index >= 15 is 0 Å². The van der Waals surface area contributed by atoms with Crippen LogP contribution < -0.4 is 11.5 Å². The Morgan fingerprint density at radius 2 is 2.07 bits per heavy atom. The Balaban J connectivity index is 3.16. The first-order chi connectivity index (χ1) is 6.45. The maximum atomic E-state index is 6.17. The van der Waals surface area contributed by atoms with Gasteiger partial charge in [0.05, 0.1) is 12.6 Å². The molecule has 0 radical (unpaired) electrons. The van der Waals surface area contributed by atoms with E-state index in [-0.39, 0.29) is 12.0 Å². The summed E-state index contributed by atoms with van der Waals surface area (Å²) in [7, 11) is 0. The highest BCUT2D eigenvalue weighted by Gasteiger charge is 2.44. The second kappa shape index (κ2) is 3.74. The molecule has 0 amide bonds. The van der Waals surface area contributed by atoms with Gasteiger partial charge in [-0.25, -0.2) is 4.48 Å². The van der Waals surface area contributed by atoms with Crippen molar-refractivity contribution in [1.82, 2.24) is 0 Å². The van der Waals surface area contributed by atoms with Crippen molar-refractivity contribution >= 4 is 23.5 Å². The number of guanidine groups is 2. The molecule has 1 aliphatic rings. The second-order valence-corrected chi connectivity index (χ2v) is 4.00. The minimum Gasteiger partial charge on any atom is -0.368 e. The third kappa shape index (κ3) is 1.46. The maximum absolute atomic E-state index is 6.17. The fourth-order valence-electron chi connectivity index (χ4n) is 1.75. The number of alkyl halides is 1. The molecule has 2 atom stereocenters. The predicted molar refractivity (Wildman–Crippen MR) is 58.8 cm³/mol. The number of halogens is 1. The lowest BCUT2D eigenvalue weighted by atomic mass is 10.2. The van der Waals surface area contributed by atoms with Gasteiger partial charge in [-0.1, -0.05) is 0 Å². The standard InChI is InChI=1S/C8H17ClN5/c1-4-14(5(2)3)6(9)12-7(10)13-8(14)11/h5-6H,4H2,1-3H3,(H4,10,11,12,13)/q+1. The number of nitrogens with zero attached hydrogens (tertiary/aromatic N) is 3. The van der Waals surface area contributed by atoms with E-state index in [1.807, 2.05) is 20.8 Å². The molecule has 1 heterocycles. The van der Waals surface area contributed by atoms with Crippen LogP contribution in [0.5, 0.6) is 0 Å². The lowest BCUT2D eigenvalue weighted by molar-refractivity contribution is -0.874. The first-order valence-corrected chi connectivity index (χ1v) is 5.08. The summed E-state index contributed by atoms with van der Waals surface area (Å²) in [6, 6.07) is 0.225. The van der Waals surface area contributed by atoms with Crippen LogP contribution in [0.1, 0.15) is 20.8 Å². The monoisotopic (exact) mass is 218 g/mol. The van der Waals surface area contributed by atoms with E-state index in [2.05, 4.69) is 9.98 Å². The molecule has 14 heavy (non-hydrogen) atoms. The van der Waals surface area contributed by atoms with E-state index in [1.54, 1.807) is 0 Å². The van der Waals surface area contributed by atoms with Crippen LogP contribution in [0, 0.1) is 0 Å². The average molecular weight is 219 g/mol. The molecule has 0 fully saturated rings. The van der Waals surface area contributed by atoms with E-state index < -0.39 is 5.62 Å². The number of hydrogen-bond donors (Lipinski definition) is 2. The molecule has 2 unspecified atom stereocenters. The molecular formula is C8H17ClN5+. The third-order valence-electron chi connectivity index (χ3n) is 2.72. The summed E-state index contributed by atoms with van der Waals surface area (Å²) in [5.74, 6) is 0.598. The first kappa shape index (κ1) is 11.3. The summed E-state index contributed by atoms with van der Waals surface area (Å²) in [5.41, 5.74) is 10.9. The van der Waals surface area contributed by atoms with Crippen molar-refractivity contribution in [3.63, 3.8) is 0 Å². The van der Waals surface area contributed by atoms with Crippen molar-refractivity contribution in [2.45, 2.75) is 32.4 Å². The minimum atomic E-state index is -0.475. The third-order valence-corrected chi connectivity index (χ3v) is 3.17. The van der Waals surface area contributed by atoms with Gasteiger partial charge in [0.1, 0.15) is 0 Å². The van der Waals surface area contributed by atoms with E-state index in [9.17, 15) is 0 Å². The highest BCUT2D eigenvalue weighted by Crippen LogP contribution is 2.25. The maximum Gasteiger partial charge on any atom is 0.305 e. The Labute approximate surface area is 89.0 Å². The van der Waals surface area contributed by atoms with Crippen LogP contribution in [-0.4, -0.2) is 34.6 Å². The van der Waals surface area contributed by atoms with Crippen LogP contribution in [0.25, 0.3) is 0 Å². The van der Waals surface area contributed by atoms with Gasteiger partial charge in [-0.15, -0.1) is 4.99 Å². The molecule has 6 heteroatoms. The molecule has 0 saturated carbocycles. The van der Waals surface area contributed by atoms with Gasteiger partial charge in [-0.2, -0.15) is 4.99 Å². The molecular weight excluding hydrogens is 202 g/mol. The average Bonchev–Trinajstić information content (AvgIpc) is 2.03. The number of quaternary nitrogens is 1. The quantitative estimate of drug-likeness (QED) is 0.400. The molecule has 80 valence electrons. The summed E-state index contributed by atoms with van der Waals surface area (Å²) >= 11 is 6.17. The molecule has 5 nitrogen and oxygen atoms in total. The van der Waals surface area contributed by atoms with Crippen molar-refractivity contribution in [2.75, 3.05) is 6.54 Å². The Morgan fingerprint density at radius 3 is 2.43 bits per heavy atom. The van der Waals surface area contributed by atoms with Gasteiger partial charge in [0.15, 0.2) is 0 Å². The second-order valence-electron chi connectivity index (χ2n) is 3.61. The largest absolute Gasteiger partial charge is 0.368 e. The Kier molecular flexibility index (Phi) is 3.01. The summed E-state index contributed by atoms with van der Waals surface area (Å²) < 4.78 is 0.363. The summed E-state index contributed by atoms with van der Waals surface area (Å²) in [6.45, 7) is 6.84. The number of nitrogens with two attached hydrogens (primary N) is 2. The van der Waals surface area contributed by atoms with E-state index in [1.165, 1.54) is 0 Å². The number of hydrogen-bond acceptors (Lipinski definition) is 4. The van der Waals surface area contributed by atoms with Crippen molar-refractivity contribution in [3.8, 4) is 0 Å². The normalized spacial score (nSPS) is 32.8. The Morgan fingerprint density at radius 1 is 1.50 bits per heavy atom. The summed E-state index contributed by atoms with van der Waals surface area (Å²) in [5, 5.41) is 0. The molecule has 0 aromatic rings. The SMILES string of the molecule is CC[N+]1(C(C)C)C(N)=NC(N)=NC1Cl. The Hall–Kier alpha value is -0.810. The Bertz CT molecular complexity index is 285. The molecule has 0 spiro atoms. The van der Waals surface area contributed by atoms with E-state index in [0.717, 1.165) is 6.54 Å². The first-order valence-electron chi connectivity index (χ1n) is 4.64. The summed E-state index contributed by atoms with van der Waals surface area (Å²) in [6.07, 6.45) is 0. The fraction of sp³-hybridized carbons (Fsp3) is 0.750. The van der Waals surface area contributed by atoms with Crippen LogP contribution in [-0.2, 0) is 0 Å². The van der Waals surface area contributed by atoms with Gasteiger partial charge < -0.3 is 11.5 Å². The lowest BCUT2D eigenvalue weighted by Gasteiger charge is -2.42. The fourth-order valence-corrected chi connectivity index (χ4v) is 2.31. The van der Waals surface area contributed by atoms with Crippen LogP contribution >= 0.6 is 11.6 Å². The van der Waals surface area contributed by atoms with Crippen molar-refractivity contribution in [3.05, 3.63) is 0 Å². The molecule has 1 aliphatic heterocycles. The molecule has 0 aromatic carbocycles. The van der Waals surface area contributed by atoms with Crippen LogP contribution in [0.3, 0.4) is 0 Å². The number of rotatable bonds is 2. The summed E-state index contributed by atoms with van der Waals surface area (Å²) in [4.78, 5) is 8.03. The highest BCUT2D eigenvalue weighted by atomic mass is 35.5. The van der Waals surface area contributed by atoms with Gasteiger partial charge in [0.25, 0.3) is 5.62 Å². The zero-order chi connectivity index (χ0) is 10.9. The highest BCUT2D eigenvalue weighted by molar-refractivity contribution is 6.21. The zero-order valence-corrected chi connectivity index (χ0v) is 9.49. The van der Waals surface area contributed by atoms with E-state index in [0.29, 0.717) is 10.4 Å². The van der Waals surface area contributed by atoms with Gasteiger partial charge >= 0.3 is 5.96 Å². The predicted octanol–water partition coefficient (Wildman–Crippen LogP) is 0.397. The molecule has 1 rings (SSSR count). The van der Waals surface area contributed by atoms with Crippen LogP contribution in [0.2, 0.25) is 0 Å². The number of aliphatic imine (C=N–C) groups is 2. The lowest BCUT2D eigenvalue weighted by Crippen LogP contribution is -2.65. The zero-order valence-electron chi connectivity index (χ0n) is 8.74. The smallest absolute Gasteiger partial charge is 0.305 e. The van der Waals surface area contributed by atoms with Crippen molar-refractivity contribution in [1.29, 1.82) is 0 Å². The van der Waals surface area contributed by atoms with Crippen LogP contribution in [0.15, 0.2) is 9.98 Å². The molecule has 0 bridgehead atoms. The topological polar surface area (TPSA) is 76.8 Å². The molecule has 0 aliphatic carbocycles. The van der Waals surface area contributed by atoms with Gasteiger partial charge in [-0.3, -0.25) is 0 Å². The minimum absolute atomic E-state index is 0.158. The molecule has 0 saturated heterocycles.